The zero-order valence-electron chi connectivity index (χ0n) is 11.4. The van der Waals surface area contributed by atoms with Gasteiger partial charge in [0, 0.05) is 6.04 Å². The summed E-state index contributed by atoms with van der Waals surface area (Å²) in [4.78, 5) is 0. The van der Waals surface area contributed by atoms with Crippen molar-refractivity contribution in [2.45, 2.75) is 51.7 Å². The number of rotatable bonds is 5. The van der Waals surface area contributed by atoms with Gasteiger partial charge in [-0.1, -0.05) is 44.0 Å². The van der Waals surface area contributed by atoms with Crippen molar-refractivity contribution in [1.29, 1.82) is 0 Å². The van der Waals surface area contributed by atoms with Crippen LogP contribution in [0.4, 0.5) is 0 Å². The summed E-state index contributed by atoms with van der Waals surface area (Å²) in [6.07, 6.45) is 6.58. The number of nitrogens with one attached hydrogen (secondary N) is 1. The van der Waals surface area contributed by atoms with Gasteiger partial charge in [-0.2, -0.15) is 0 Å². The third kappa shape index (κ3) is 3.82. The lowest BCUT2D eigenvalue weighted by Crippen LogP contribution is -2.38. The van der Waals surface area contributed by atoms with Crippen LogP contribution < -0.4 is 5.32 Å². The topological polar surface area (TPSA) is 32.3 Å². The zero-order valence-corrected chi connectivity index (χ0v) is 11.4. The van der Waals surface area contributed by atoms with E-state index in [2.05, 4.69) is 24.4 Å². The van der Waals surface area contributed by atoms with Crippen molar-refractivity contribution >= 4 is 0 Å². The first-order valence-electron chi connectivity index (χ1n) is 7.21. The standard InChI is InChI=1S/C16H25NO/c1-13-4-2-3-5-16(13)17-11-10-14-6-8-15(12-18)9-7-14/h6-9,13,16-18H,2-5,10-12H2,1H3. The highest BCUT2D eigenvalue weighted by Crippen LogP contribution is 2.23. The molecule has 2 atom stereocenters. The van der Waals surface area contributed by atoms with Gasteiger partial charge in [-0.05, 0) is 42.9 Å². The van der Waals surface area contributed by atoms with E-state index in [1.807, 2.05) is 12.1 Å². The van der Waals surface area contributed by atoms with E-state index in [4.69, 9.17) is 5.11 Å². The van der Waals surface area contributed by atoms with Crippen LogP contribution in [0.5, 0.6) is 0 Å². The first-order valence-corrected chi connectivity index (χ1v) is 7.21. The van der Waals surface area contributed by atoms with Gasteiger partial charge in [0.2, 0.25) is 0 Å². The Balaban J connectivity index is 1.73. The molecule has 18 heavy (non-hydrogen) atoms. The molecule has 0 bridgehead atoms. The lowest BCUT2D eigenvalue weighted by Gasteiger charge is -2.29. The molecular weight excluding hydrogens is 222 g/mol. The first-order chi connectivity index (χ1) is 8.79. The number of hydrogen-bond donors (Lipinski definition) is 2. The average molecular weight is 247 g/mol. The van der Waals surface area contributed by atoms with Crippen LogP contribution in [0.25, 0.3) is 0 Å². The molecule has 0 radical (unpaired) electrons. The third-order valence-electron chi connectivity index (χ3n) is 4.14. The summed E-state index contributed by atoms with van der Waals surface area (Å²) in [5, 5.41) is 12.7. The van der Waals surface area contributed by atoms with E-state index in [-0.39, 0.29) is 6.61 Å². The Kier molecular flexibility index (Phi) is 5.21. The first kappa shape index (κ1) is 13.6. The molecule has 0 aliphatic heterocycles. The predicted molar refractivity (Wildman–Crippen MR) is 75.5 cm³/mol. The molecule has 1 aliphatic rings. The van der Waals surface area contributed by atoms with Gasteiger partial charge in [0.1, 0.15) is 0 Å². The zero-order chi connectivity index (χ0) is 12.8. The van der Waals surface area contributed by atoms with E-state index in [1.165, 1.54) is 31.2 Å². The molecule has 1 aliphatic carbocycles. The van der Waals surface area contributed by atoms with Gasteiger partial charge >= 0.3 is 0 Å². The second-order valence-corrected chi connectivity index (χ2v) is 5.55. The predicted octanol–water partition coefficient (Wildman–Crippen LogP) is 2.89. The molecule has 2 nitrogen and oxygen atoms in total. The fraction of sp³-hybridized carbons (Fsp3) is 0.625. The minimum atomic E-state index is 0.137. The highest BCUT2D eigenvalue weighted by Gasteiger charge is 2.19. The van der Waals surface area contributed by atoms with Crippen molar-refractivity contribution in [2.24, 2.45) is 5.92 Å². The smallest absolute Gasteiger partial charge is 0.0681 e. The number of aliphatic hydroxyl groups is 1. The maximum Gasteiger partial charge on any atom is 0.0681 e. The van der Waals surface area contributed by atoms with E-state index in [9.17, 15) is 0 Å². The van der Waals surface area contributed by atoms with Crippen LogP contribution in [0.3, 0.4) is 0 Å². The van der Waals surface area contributed by atoms with Gasteiger partial charge in [-0.25, -0.2) is 0 Å². The molecule has 0 heterocycles. The van der Waals surface area contributed by atoms with Crippen molar-refractivity contribution in [1.82, 2.24) is 5.32 Å². The van der Waals surface area contributed by atoms with Crippen molar-refractivity contribution < 1.29 is 5.11 Å². The second kappa shape index (κ2) is 6.91. The van der Waals surface area contributed by atoms with Crippen LogP contribution in [-0.2, 0) is 13.0 Å². The van der Waals surface area contributed by atoms with Gasteiger partial charge in [-0.3, -0.25) is 0 Å². The molecule has 2 heteroatoms. The fourth-order valence-electron chi connectivity index (χ4n) is 2.83. The van der Waals surface area contributed by atoms with Gasteiger partial charge in [0.15, 0.2) is 0 Å². The summed E-state index contributed by atoms with van der Waals surface area (Å²) in [7, 11) is 0. The largest absolute Gasteiger partial charge is 0.392 e. The molecule has 1 aromatic carbocycles. The second-order valence-electron chi connectivity index (χ2n) is 5.55. The minimum absolute atomic E-state index is 0.137. The Hall–Kier alpha value is -0.860. The summed E-state index contributed by atoms with van der Waals surface area (Å²) >= 11 is 0. The van der Waals surface area contributed by atoms with Crippen LogP contribution in [-0.4, -0.2) is 17.7 Å². The third-order valence-corrected chi connectivity index (χ3v) is 4.14. The highest BCUT2D eigenvalue weighted by atomic mass is 16.3. The molecule has 1 aromatic rings. The van der Waals surface area contributed by atoms with E-state index < -0.39 is 0 Å². The van der Waals surface area contributed by atoms with Crippen molar-refractivity contribution in [3.8, 4) is 0 Å². The van der Waals surface area contributed by atoms with E-state index in [0.29, 0.717) is 0 Å². The Bertz CT molecular complexity index is 347. The van der Waals surface area contributed by atoms with Crippen LogP contribution in [0.2, 0.25) is 0 Å². The molecular formula is C16H25NO. The summed E-state index contributed by atoms with van der Waals surface area (Å²) in [6, 6.07) is 8.99. The van der Waals surface area contributed by atoms with Crippen LogP contribution in [0.1, 0.15) is 43.7 Å². The molecule has 0 amide bonds. The molecule has 0 aromatic heterocycles. The number of hydrogen-bond acceptors (Lipinski definition) is 2. The average Bonchev–Trinajstić information content (AvgIpc) is 2.42. The van der Waals surface area contributed by atoms with Crippen LogP contribution in [0, 0.1) is 5.92 Å². The molecule has 0 spiro atoms. The van der Waals surface area contributed by atoms with Gasteiger partial charge < -0.3 is 10.4 Å². The van der Waals surface area contributed by atoms with Gasteiger partial charge in [0.25, 0.3) is 0 Å². The summed E-state index contributed by atoms with van der Waals surface area (Å²) in [6.45, 7) is 3.57. The Morgan fingerprint density at radius 1 is 1.11 bits per heavy atom. The molecule has 0 saturated heterocycles. The molecule has 100 valence electrons. The molecule has 1 saturated carbocycles. The Morgan fingerprint density at radius 2 is 1.78 bits per heavy atom. The summed E-state index contributed by atoms with van der Waals surface area (Å²) in [5.74, 6) is 0.829. The quantitative estimate of drug-likeness (QED) is 0.838. The summed E-state index contributed by atoms with van der Waals surface area (Å²) < 4.78 is 0. The monoisotopic (exact) mass is 247 g/mol. The van der Waals surface area contributed by atoms with Crippen LogP contribution in [0.15, 0.2) is 24.3 Å². The number of aliphatic hydroxyl groups excluding tert-OH is 1. The molecule has 2 unspecified atom stereocenters. The van der Waals surface area contributed by atoms with Gasteiger partial charge in [-0.15, -0.1) is 0 Å². The summed E-state index contributed by atoms with van der Waals surface area (Å²) in [5.41, 5.74) is 2.34. The molecule has 2 rings (SSSR count). The SMILES string of the molecule is CC1CCCCC1NCCc1ccc(CO)cc1. The lowest BCUT2D eigenvalue weighted by atomic mass is 9.86. The normalized spacial score (nSPS) is 24.1. The Morgan fingerprint density at radius 3 is 2.44 bits per heavy atom. The van der Waals surface area contributed by atoms with Crippen molar-refractivity contribution in [2.75, 3.05) is 6.54 Å². The highest BCUT2D eigenvalue weighted by molar-refractivity contribution is 5.22. The van der Waals surface area contributed by atoms with E-state index >= 15 is 0 Å². The van der Waals surface area contributed by atoms with E-state index in [0.717, 1.165) is 30.5 Å². The van der Waals surface area contributed by atoms with Crippen LogP contribution >= 0.6 is 0 Å². The van der Waals surface area contributed by atoms with Crippen molar-refractivity contribution in [3.05, 3.63) is 35.4 Å². The van der Waals surface area contributed by atoms with Gasteiger partial charge in [0.05, 0.1) is 6.61 Å². The fourth-order valence-corrected chi connectivity index (χ4v) is 2.83. The van der Waals surface area contributed by atoms with E-state index in [1.54, 1.807) is 0 Å². The maximum atomic E-state index is 8.99. The molecule has 1 fully saturated rings. The van der Waals surface area contributed by atoms with Crippen molar-refractivity contribution in [3.63, 3.8) is 0 Å². The lowest BCUT2D eigenvalue weighted by molar-refractivity contribution is 0.281. The maximum absolute atomic E-state index is 8.99. The minimum Gasteiger partial charge on any atom is -0.392 e. The Labute approximate surface area is 110 Å². The number of benzene rings is 1. The molecule has 2 N–H and O–H groups in total.